The molecule has 1 aliphatic carbocycles. The van der Waals surface area contributed by atoms with E-state index in [9.17, 15) is 4.79 Å². The third kappa shape index (κ3) is 1.78. The number of nitrogens with zero attached hydrogens (tertiary/aromatic N) is 1. The van der Waals surface area contributed by atoms with E-state index in [2.05, 4.69) is 22.4 Å². The van der Waals surface area contributed by atoms with Crippen LogP contribution in [0.4, 0.5) is 0 Å². The minimum absolute atomic E-state index is 0.119. The molecule has 3 heteroatoms. The lowest BCUT2D eigenvalue weighted by molar-refractivity contribution is -0.121. The number of carbonyl (C=O) groups excluding carboxylic acids is 1. The Bertz CT molecular complexity index is 579. The highest BCUT2D eigenvalue weighted by Crippen LogP contribution is 2.46. The van der Waals surface area contributed by atoms with E-state index >= 15 is 0 Å². The van der Waals surface area contributed by atoms with Crippen LogP contribution in [0.15, 0.2) is 36.4 Å². The Balaban J connectivity index is 1.90. The van der Waals surface area contributed by atoms with Crippen molar-refractivity contribution in [1.29, 1.82) is 0 Å². The molecule has 1 aromatic carbocycles. The molecule has 0 bridgehead atoms. The molecule has 86 valence electrons. The summed E-state index contributed by atoms with van der Waals surface area (Å²) in [6.07, 6.45) is 0.922. The third-order valence-electron chi connectivity index (χ3n) is 3.37. The van der Waals surface area contributed by atoms with Gasteiger partial charge in [-0.2, -0.15) is 0 Å². The lowest BCUT2D eigenvalue weighted by atomic mass is 10.1. The third-order valence-corrected chi connectivity index (χ3v) is 3.37. The van der Waals surface area contributed by atoms with Crippen LogP contribution in [0.5, 0.6) is 0 Å². The molecule has 0 saturated heterocycles. The van der Waals surface area contributed by atoms with Gasteiger partial charge in [-0.15, -0.1) is 0 Å². The average molecular weight is 226 g/mol. The van der Waals surface area contributed by atoms with Crippen LogP contribution in [-0.2, 0) is 4.79 Å². The predicted molar refractivity (Wildman–Crippen MR) is 66.7 cm³/mol. The smallest absolute Gasteiger partial charge is 0.223 e. The van der Waals surface area contributed by atoms with Crippen LogP contribution in [0, 0.1) is 5.92 Å². The van der Waals surface area contributed by atoms with Gasteiger partial charge in [0, 0.05) is 30.0 Å². The van der Waals surface area contributed by atoms with Gasteiger partial charge in [0.15, 0.2) is 0 Å². The first-order valence-corrected chi connectivity index (χ1v) is 5.87. The van der Waals surface area contributed by atoms with Gasteiger partial charge in [0.25, 0.3) is 0 Å². The molecular weight excluding hydrogens is 212 g/mol. The SMILES string of the molecule is CNC(=O)C1CC1c1ccc2ccccc2n1. The second-order valence-electron chi connectivity index (χ2n) is 4.49. The first-order chi connectivity index (χ1) is 8.29. The fourth-order valence-corrected chi connectivity index (χ4v) is 2.29. The maximum Gasteiger partial charge on any atom is 0.223 e. The average Bonchev–Trinajstić information content (AvgIpc) is 3.17. The fraction of sp³-hybridized carbons (Fsp3) is 0.286. The van der Waals surface area contributed by atoms with E-state index in [1.165, 1.54) is 0 Å². The van der Waals surface area contributed by atoms with Crippen molar-refractivity contribution in [2.24, 2.45) is 5.92 Å². The second-order valence-corrected chi connectivity index (χ2v) is 4.49. The zero-order valence-corrected chi connectivity index (χ0v) is 9.68. The van der Waals surface area contributed by atoms with Crippen molar-refractivity contribution in [3.63, 3.8) is 0 Å². The van der Waals surface area contributed by atoms with Crippen LogP contribution < -0.4 is 5.32 Å². The molecule has 0 spiro atoms. The van der Waals surface area contributed by atoms with Crippen LogP contribution in [0.1, 0.15) is 18.0 Å². The molecule has 1 saturated carbocycles. The molecule has 17 heavy (non-hydrogen) atoms. The summed E-state index contributed by atoms with van der Waals surface area (Å²) in [5.41, 5.74) is 2.05. The summed E-state index contributed by atoms with van der Waals surface area (Å²) in [5, 5.41) is 3.84. The highest BCUT2D eigenvalue weighted by atomic mass is 16.1. The minimum Gasteiger partial charge on any atom is -0.359 e. The highest BCUT2D eigenvalue weighted by Gasteiger charge is 2.44. The number of pyridine rings is 1. The quantitative estimate of drug-likeness (QED) is 0.852. The van der Waals surface area contributed by atoms with E-state index in [0.717, 1.165) is 23.0 Å². The number of carbonyl (C=O) groups is 1. The maximum atomic E-state index is 11.5. The van der Waals surface area contributed by atoms with Gasteiger partial charge >= 0.3 is 0 Å². The number of benzene rings is 1. The van der Waals surface area contributed by atoms with E-state index < -0.39 is 0 Å². The summed E-state index contributed by atoms with van der Waals surface area (Å²) in [4.78, 5) is 16.1. The molecule has 1 amide bonds. The molecule has 1 heterocycles. The first kappa shape index (κ1) is 10.3. The molecule has 2 unspecified atom stereocenters. The maximum absolute atomic E-state index is 11.5. The van der Waals surface area contributed by atoms with Gasteiger partial charge in [0.1, 0.15) is 0 Å². The topological polar surface area (TPSA) is 42.0 Å². The number of hydrogen-bond acceptors (Lipinski definition) is 2. The van der Waals surface area contributed by atoms with Crippen molar-refractivity contribution < 1.29 is 4.79 Å². The molecule has 1 fully saturated rings. The number of fused-ring (bicyclic) bond motifs is 1. The Hall–Kier alpha value is -1.90. The Morgan fingerprint density at radius 3 is 2.94 bits per heavy atom. The standard InChI is InChI=1S/C14H14N2O/c1-15-14(17)11-8-10(11)13-7-6-9-4-2-3-5-12(9)16-13/h2-7,10-11H,8H2,1H3,(H,15,17). The van der Waals surface area contributed by atoms with E-state index in [1.54, 1.807) is 7.05 Å². The van der Waals surface area contributed by atoms with Crippen LogP contribution in [0.3, 0.4) is 0 Å². The molecule has 0 aliphatic heterocycles. The van der Waals surface area contributed by atoms with E-state index in [4.69, 9.17) is 0 Å². The van der Waals surface area contributed by atoms with Crippen LogP contribution in [0.25, 0.3) is 10.9 Å². The molecule has 1 N–H and O–H groups in total. The van der Waals surface area contributed by atoms with Crippen molar-refractivity contribution in [1.82, 2.24) is 10.3 Å². The normalized spacial score (nSPS) is 22.4. The minimum atomic E-state index is 0.119. The summed E-state index contributed by atoms with van der Waals surface area (Å²) in [6, 6.07) is 12.2. The zero-order valence-electron chi connectivity index (χ0n) is 9.68. The Morgan fingerprint density at radius 1 is 1.29 bits per heavy atom. The Kier molecular flexibility index (Phi) is 2.32. The Morgan fingerprint density at radius 2 is 2.12 bits per heavy atom. The summed E-state index contributed by atoms with van der Waals surface area (Å²) < 4.78 is 0. The number of rotatable bonds is 2. The molecule has 3 rings (SSSR count). The zero-order chi connectivity index (χ0) is 11.8. The number of nitrogens with one attached hydrogen (secondary N) is 1. The van der Waals surface area contributed by atoms with Gasteiger partial charge < -0.3 is 5.32 Å². The van der Waals surface area contributed by atoms with Crippen molar-refractivity contribution in [3.8, 4) is 0 Å². The highest BCUT2D eigenvalue weighted by molar-refractivity contribution is 5.83. The van der Waals surface area contributed by atoms with Gasteiger partial charge in [-0.25, -0.2) is 0 Å². The Labute approximate surface area is 99.9 Å². The molecule has 1 aliphatic rings. The number of amides is 1. The van der Waals surface area contributed by atoms with Crippen LogP contribution in [0.2, 0.25) is 0 Å². The van der Waals surface area contributed by atoms with Crippen LogP contribution in [-0.4, -0.2) is 17.9 Å². The summed E-state index contributed by atoms with van der Waals surface area (Å²) in [6.45, 7) is 0. The monoisotopic (exact) mass is 226 g/mol. The van der Waals surface area contributed by atoms with Crippen LogP contribution >= 0.6 is 0 Å². The summed E-state index contributed by atoms with van der Waals surface area (Å²) in [5.74, 6) is 0.554. The van der Waals surface area contributed by atoms with Crippen molar-refractivity contribution in [3.05, 3.63) is 42.1 Å². The first-order valence-electron chi connectivity index (χ1n) is 5.87. The van der Waals surface area contributed by atoms with Crippen molar-refractivity contribution in [2.75, 3.05) is 7.05 Å². The second kappa shape index (κ2) is 3.84. The predicted octanol–water partition coefficient (Wildman–Crippen LogP) is 2.08. The molecule has 1 aromatic heterocycles. The van der Waals surface area contributed by atoms with Gasteiger partial charge in [-0.3, -0.25) is 9.78 Å². The number of aromatic nitrogens is 1. The largest absolute Gasteiger partial charge is 0.359 e. The number of hydrogen-bond donors (Lipinski definition) is 1. The molecule has 3 nitrogen and oxygen atoms in total. The van der Waals surface area contributed by atoms with Gasteiger partial charge in [-0.1, -0.05) is 24.3 Å². The summed E-state index contributed by atoms with van der Waals surface area (Å²) in [7, 11) is 1.69. The van der Waals surface area contributed by atoms with Gasteiger partial charge in [0.2, 0.25) is 5.91 Å². The van der Waals surface area contributed by atoms with Gasteiger partial charge in [0.05, 0.1) is 5.52 Å². The lowest BCUT2D eigenvalue weighted by Gasteiger charge is -2.02. The number of para-hydroxylation sites is 1. The van der Waals surface area contributed by atoms with E-state index in [1.807, 2.05) is 24.3 Å². The lowest BCUT2D eigenvalue weighted by Crippen LogP contribution is -2.20. The van der Waals surface area contributed by atoms with Crippen molar-refractivity contribution in [2.45, 2.75) is 12.3 Å². The van der Waals surface area contributed by atoms with Crippen molar-refractivity contribution >= 4 is 16.8 Å². The van der Waals surface area contributed by atoms with Gasteiger partial charge in [-0.05, 0) is 18.6 Å². The molecule has 2 aromatic rings. The summed E-state index contributed by atoms with van der Waals surface area (Å²) >= 11 is 0. The van der Waals surface area contributed by atoms with E-state index in [-0.39, 0.29) is 11.8 Å². The van der Waals surface area contributed by atoms with E-state index in [0.29, 0.717) is 5.92 Å². The fourth-order valence-electron chi connectivity index (χ4n) is 2.29. The molecular formula is C14H14N2O. The molecule has 2 atom stereocenters. The molecule has 0 radical (unpaired) electrons.